The van der Waals surface area contributed by atoms with Crippen LogP contribution in [0.1, 0.15) is 51.3 Å². The molecule has 2 heterocycles. The molecule has 1 saturated heterocycles. The predicted molar refractivity (Wildman–Crippen MR) is 71.0 cm³/mol. The molecule has 3 nitrogen and oxygen atoms in total. The molecule has 1 N–H and O–H groups in total. The summed E-state index contributed by atoms with van der Waals surface area (Å²) in [6.07, 6.45) is 12.9. The van der Waals surface area contributed by atoms with Gasteiger partial charge in [-0.2, -0.15) is 0 Å². The maximum absolute atomic E-state index is 4.42. The highest BCUT2D eigenvalue weighted by Crippen LogP contribution is 2.27. The quantitative estimate of drug-likeness (QED) is 0.869. The van der Waals surface area contributed by atoms with Gasteiger partial charge in [0.25, 0.3) is 0 Å². The molecule has 96 valence electrons. The van der Waals surface area contributed by atoms with Crippen LogP contribution in [0.5, 0.6) is 0 Å². The first-order valence-corrected chi connectivity index (χ1v) is 6.97. The molecule has 1 atom stereocenters. The summed E-state index contributed by atoms with van der Waals surface area (Å²) < 4.78 is 2.14. The van der Waals surface area contributed by atoms with E-state index in [1.165, 1.54) is 50.9 Å². The largest absolute Gasteiger partial charge is 0.338 e. The molecule has 1 fully saturated rings. The number of aromatic nitrogens is 2. The van der Waals surface area contributed by atoms with Crippen LogP contribution >= 0.6 is 0 Å². The van der Waals surface area contributed by atoms with Crippen molar-refractivity contribution >= 4 is 0 Å². The molecule has 17 heavy (non-hydrogen) atoms. The second-order valence-electron chi connectivity index (χ2n) is 5.33. The van der Waals surface area contributed by atoms with Crippen molar-refractivity contribution in [1.82, 2.24) is 14.9 Å². The number of nitrogens with zero attached hydrogens (tertiary/aromatic N) is 2. The van der Waals surface area contributed by atoms with Crippen molar-refractivity contribution in [3.8, 4) is 0 Å². The van der Waals surface area contributed by atoms with Crippen molar-refractivity contribution in [2.45, 2.75) is 57.4 Å². The Labute approximate surface area is 105 Å². The van der Waals surface area contributed by atoms with Gasteiger partial charge >= 0.3 is 0 Å². The average molecular weight is 235 g/mol. The lowest BCUT2D eigenvalue weighted by atomic mass is 9.86. The Bertz CT molecular complexity index is 335. The zero-order valence-corrected chi connectivity index (χ0v) is 11.2. The molecule has 3 heteroatoms. The zero-order valence-electron chi connectivity index (χ0n) is 11.2. The second-order valence-corrected chi connectivity index (χ2v) is 5.33. The monoisotopic (exact) mass is 235 g/mol. The van der Waals surface area contributed by atoms with E-state index in [-0.39, 0.29) is 0 Å². The molecule has 0 aliphatic carbocycles. The second kappa shape index (κ2) is 5.67. The van der Waals surface area contributed by atoms with Crippen LogP contribution in [0, 0.1) is 0 Å². The number of rotatable bonds is 4. The fraction of sp³-hybridized carbons (Fsp3) is 0.786. The van der Waals surface area contributed by atoms with Crippen LogP contribution in [0.25, 0.3) is 0 Å². The van der Waals surface area contributed by atoms with Gasteiger partial charge in [-0.05, 0) is 32.2 Å². The van der Waals surface area contributed by atoms with Gasteiger partial charge in [0.1, 0.15) is 5.82 Å². The third-order valence-electron chi connectivity index (χ3n) is 4.26. The van der Waals surface area contributed by atoms with Crippen LogP contribution in [-0.4, -0.2) is 21.6 Å². The Balaban J connectivity index is 1.96. The van der Waals surface area contributed by atoms with Crippen molar-refractivity contribution in [3.05, 3.63) is 18.2 Å². The van der Waals surface area contributed by atoms with Crippen molar-refractivity contribution in [3.63, 3.8) is 0 Å². The fourth-order valence-corrected chi connectivity index (χ4v) is 2.89. The van der Waals surface area contributed by atoms with Gasteiger partial charge in [0.05, 0.1) is 0 Å². The van der Waals surface area contributed by atoms with Gasteiger partial charge in [-0.15, -0.1) is 0 Å². The van der Waals surface area contributed by atoms with E-state index in [1.807, 2.05) is 12.4 Å². The number of imidazole rings is 1. The Morgan fingerprint density at radius 1 is 1.41 bits per heavy atom. The summed E-state index contributed by atoms with van der Waals surface area (Å²) in [5.41, 5.74) is 0.364. The van der Waals surface area contributed by atoms with Crippen molar-refractivity contribution in [1.29, 1.82) is 0 Å². The summed E-state index contributed by atoms with van der Waals surface area (Å²) in [7, 11) is 2.08. The van der Waals surface area contributed by atoms with E-state index >= 15 is 0 Å². The van der Waals surface area contributed by atoms with Crippen LogP contribution in [0.4, 0.5) is 0 Å². The highest BCUT2D eigenvalue weighted by atomic mass is 15.0. The fourth-order valence-electron chi connectivity index (χ4n) is 2.89. The minimum atomic E-state index is 0.364. The van der Waals surface area contributed by atoms with Crippen LogP contribution in [0.15, 0.2) is 12.4 Å². The average Bonchev–Trinajstić information content (AvgIpc) is 2.63. The molecule has 0 amide bonds. The molecule has 1 aromatic heterocycles. The summed E-state index contributed by atoms with van der Waals surface area (Å²) in [5.74, 6) is 1.21. The Kier molecular flexibility index (Phi) is 4.21. The van der Waals surface area contributed by atoms with Gasteiger partial charge in [-0.25, -0.2) is 4.98 Å². The molecule has 2 rings (SSSR count). The SMILES string of the molecule is CCC1(CCc2nccn2C)CCCCCN1. The molecule has 1 aliphatic rings. The number of aryl methyl sites for hydroxylation is 2. The molecular formula is C14H25N3. The van der Waals surface area contributed by atoms with Gasteiger partial charge in [-0.3, -0.25) is 0 Å². The molecule has 0 aromatic carbocycles. The van der Waals surface area contributed by atoms with Gasteiger partial charge in [0.15, 0.2) is 0 Å². The molecule has 0 spiro atoms. The van der Waals surface area contributed by atoms with E-state index in [1.54, 1.807) is 0 Å². The molecule has 0 saturated carbocycles. The van der Waals surface area contributed by atoms with Gasteiger partial charge < -0.3 is 9.88 Å². The van der Waals surface area contributed by atoms with Crippen molar-refractivity contribution < 1.29 is 0 Å². The molecule has 1 unspecified atom stereocenters. The Hall–Kier alpha value is -0.830. The summed E-state index contributed by atoms with van der Waals surface area (Å²) in [6.45, 7) is 3.51. The first kappa shape index (κ1) is 12.6. The highest BCUT2D eigenvalue weighted by molar-refractivity contribution is 4.96. The molecule has 0 radical (unpaired) electrons. The lowest BCUT2D eigenvalue weighted by molar-refractivity contribution is 0.281. The zero-order chi connectivity index (χ0) is 12.1. The molecule has 1 aromatic rings. The first-order chi connectivity index (χ1) is 8.26. The lowest BCUT2D eigenvalue weighted by Crippen LogP contribution is -2.44. The van der Waals surface area contributed by atoms with Crippen molar-refractivity contribution in [2.24, 2.45) is 7.05 Å². The Morgan fingerprint density at radius 2 is 2.29 bits per heavy atom. The predicted octanol–water partition coefficient (Wildman–Crippen LogP) is 2.67. The standard InChI is InChI=1S/C14H25N3/c1-3-14(8-5-4-6-10-16-14)9-7-13-15-11-12-17(13)2/h11-12,16H,3-10H2,1-2H3. The van der Waals surface area contributed by atoms with E-state index < -0.39 is 0 Å². The van der Waals surface area contributed by atoms with Crippen LogP contribution in [0.3, 0.4) is 0 Å². The lowest BCUT2D eigenvalue weighted by Gasteiger charge is -2.33. The number of hydrogen-bond acceptors (Lipinski definition) is 2. The van der Waals surface area contributed by atoms with E-state index in [0.717, 1.165) is 6.42 Å². The Morgan fingerprint density at radius 3 is 3.00 bits per heavy atom. The van der Waals surface area contributed by atoms with Crippen LogP contribution < -0.4 is 5.32 Å². The summed E-state index contributed by atoms with van der Waals surface area (Å²) in [6, 6.07) is 0. The summed E-state index contributed by atoms with van der Waals surface area (Å²) >= 11 is 0. The highest BCUT2D eigenvalue weighted by Gasteiger charge is 2.28. The third kappa shape index (κ3) is 3.09. The minimum Gasteiger partial charge on any atom is -0.338 e. The third-order valence-corrected chi connectivity index (χ3v) is 4.26. The minimum absolute atomic E-state index is 0.364. The van der Waals surface area contributed by atoms with E-state index in [0.29, 0.717) is 5.54 Å². The van der Waals surface area contributed by atoms with Gasteiger partial charge in [0.2, 0.25) is 0 Å². The molecule has 1 aliphatic heterocycles. The van der Waals surface area contributed by atoms with E-state index in [9.17, 15) is 0 Å². The van der Waals surface area contributed by atoms with Crippen LogP contribution in [0.2, 0.25) is 0 Å². The van der Waals surface area contributed by atoms with Gasteiger partial charge in [-0.1, -0.05) is 19.8 Å². The maximum Gasteiger partial charge on any atom is 0.108 e. The van der Waals surface area contributed by atoms with E-state index in [4.69, 9.17) is 0 Å². The van der Waals surface area contributed by atoms with E-state index in [2.05, 4.69) is 28.8 Å². The molecule has 0 bridgehead atoms. The number of nitrogens with one attached hydrogen (secondary N) is 1. The topological polar surface area (TPSA) is 29.9 Å². The number of hydrogen-bond donors (Lipinski definition) is 1. The summed E-state index contributed by atoms with van der Waals surface area (Å²) in [4.78, 5) is 4.42. The van der Waals surface area contributed by atoms with Crippen molar-refractivity contribution in [2.75, 3.05) is 6.54 Å². The normalized spacial score (nSPS) is 25.8. The summed E-state index contributed by atoms with van der Waals surface area (Å²) in [5, 5.41) is 3.79. The van der Waals surface area contributed by atoms with Crippen LogP contribution in [-0.2, 0) is 13.5 Å². The molecular weight excluding hydrogens is 210 g/mol. The maximum atomic E-state index is 4.42. The first-order valence-electron chi connectivity index (χ1n) is 6.97. The smallest absolute Gasteiger partial charge is 0.108 e. The van der Waals surface area contributed by atoms with Gasteiger partial charge in [0, 0.05) is 31.4 Å².